The lowest BCUT2D eigenvalue weighted by molar-refractivity contribution is -0.141. The van der Waals surface area contributed by atoms with Gasteiger partial charge in [0.2, 0.25) is 11.8 Å². The Labute approximate surface area is 100.0 Å². The van der Waals surface area contributed by atoms with Crippen LogP contribution in [0, 0.1) is 0 Å². The van der Waals surface area contributed by atoms with Gasteiger partial charge in [-0.25, -0.2) is 0 Å². The Hall–Kier alpha value is -1.59. The Morgan fingerprint density at radius 1 is 1.47 bits per heavy atom. The first-order valence-electron chi connectivity index (χ1n) is 5.71. The smallest absolute Gasteiger partial charge is 0.305 e. The van der Waals surface area contributed by atoms with Crippen LogP contribution in [-0.4, -0.2) is 46.4 Å². The number of hydrogen-bond acceptors (Lipinski definition) is 3. The highest BCUT2D eigenvalue weighted by atomic mass is 16.4. The van der Waals surface area contributed by atoms with Crippen molar-refractivity contribution < 1.29 is 19.5 Å². The molecule has 0 spiro atoms. The summed E-state index contributed by atoms with van der Waals surface area (Å²) >= 11 is 0. The molecule has 0 radical (unpaired) electrons. The van der Waals surface area contributed by atoms with Gasteiger partial charge in [0.15, 0.2) is 0 Å². The first-order chi connectivity index (χ1) is 7.91. The fraction of sp³-hybridized carbons (Fsp3) is 0.727. The molecule has 2 N–H and O–H groups in total. The van der Waals surface area contributed by atoms with Crippen molar-refractivity contribution in [1.29, 1.82) is 0 Å². The number of carboxylic acid groups (broad SMARTS) is 1. The van der Waals surface area contributed by atoms with Crippen LogP contribution in [0.1, 0.15) is 33.1 Å². The maximum atomic E-state index is 12.0. The summed E-state index contributed by atoms with van der Waals surface area (Å²) < 4.78 is 0. The molecule has 0 saturated carbocycles. The summed E-state index contributed by atoms with van der Waals surface area (Å²) in [7, 11) is 0. The lowest BCUT2D eigenvalue weighted by Gasteiger charge is -2.26. The van der Waals surface area contributed by atoms with Gasteiger partial charge in [0.25, 0.3) is 0 Å². The largest absolute Gasteiger partial charge is 0.481 e. The summed E-state index contributed by atoms with van der Waals surface area (Å²) in [5.74, 6) is -1.37. The third-order valence-electron chi connectivity index (χ3n) is 2.86. The molecule has 0 aromatic heterocycles. The quantitative estimate of drug-likeness (QED) is 0.725. The van der Waals surface area contributed by atoms with Gasteiger partial charge in [-0.1, -0.05) is 0 Å². The first kappa shape index (κ1) is 13.5. The van der Waals surface area contributed by atoms with E-state index in [0.717, 1.165) is 6.42 Å². The number of carbonyl (C=O) groups is 3. The van der Waals surface area contributed by atoms with Crippen molar-refractivity contribution in [2.75, 3.05) is 6.54 Å². The van der Waals surface area contributed by atoms with Crippen LogP contribution in [0.15, 0.2) is 0 Å². The maximum Gasteiger partial charge on any atom is 0.305 e. The minimum absolute atomic E-state index is 0.0292. The SMILES string of the molecule is CC(=O)NC(C)C(=O)N1CCCC1CC(=O)O. The fourth-order valence-corrected chi connectivity index (χ4v) is 2.15. The van der Waals surface area contributed by atoms with Crippen molar-refractivity contribution in [3.8, 4) is 0 Å². The van der Waals surface area contributed by atoms with Crippen molar-refractivity contribution in [2.45, 2.75) is 45.2 Å². The molecule has 0 aliphatic carbocycles. The van der Waals surface area contributed by atoms with E-state index >= 15 is 0 Å². The van der Waals surface area contributed by atoms with Crippen LogP contribution in [-0.2, 0) is 14.4 Å². The Morgan fingerprint density at radius 3 is 2.65 bits per heavy atom. The lowest BCUT2D eigenvalue weighted by atomic mass is 10.1. The number of aliphatic carboxylic acids is 1. The zero-order valence-electron chi connectivity index (χ0n) is 10.1. The predicted molar refractivity (Wildman–Crippen MR) is 60.3 cm³/mol. The highest BCUT2D eigenvalue weighted by Crippen LogP contribution is 2.20. The van der Waals surface area contributed by atoms with Crippen molar-refractivity contribution in [3.05, 3.63) is 0 Å². The number of carboxylic acids is 1. The van der Waals surface area contributed by atoms with Crippen LogP contribution in [0.25, 0.3) is 0 Å². The van der Waals surface area contributed by atoms with E-state index in [1.165, 1.54) is 6.92 Å². The summed E-state index contributed by atoms with van der Waals surface area (Å²) in [6.07, 6.45) is 1.50. The van der Waals surface area contributed by atoms with E-state index in [9.17, 15) is 14.4 Å². The molecule has 2 amide bonds. The second-order valence-electron chi connectivity index (χ2n) is 4.35. The average molecular weight is 242 g/mol. The number of nitrogens with zero attached hydrogens (tertiary/aromatic N) is 1. The Morgan fingerprint density at radius 2 is 2.12 bits per heavy atom. The Kier molecular flexibility index (Phi) is 4.48. The van der Waals surface area contributed by atoms with Gasteiger partial charge in [0.1, 0.15) is 6.04 Å². The third-order valence-corrected chi connectivity index (χ3v) is 2.86. The van der Waals surface area contributed by atoms with Gasteiger partial charge in [0.05, 0.1) is 6.42 Å². The standard InChI is InChI=1S/C11H18N2O4/c1-7(12-8(2)14)11(17)13-5-3-4-9(13)6-10(15)16/h7,9H,3-6H2,1-2H3,(H,12,14)(H,15,16). The predicted octanol–water partition coefficient (Wildman–Crippen LogP) is -0.0233. The highest BCUT2D eigenvalue weighted by Gasteiger charge is 2.32. The molecule has 1 heterocycles. The number of rotatable bonds is 4. The van der Waals surface area contributed by atoms with Gasteiger partial charge >= 0.3 is 5.97 Å². The molecule has 1 saturated heterocycles. The van der Waals surface area contributed by atoms with Crippen LogP contribution in [0.4, 0.5) is 0 Å². The number of hydrogen-bond donors (Lipinski definition) is 2. The van der Waals surface area contributed by atoms with E-state index in [0.29, 0.717) is 13.0 Å². The third kappa shape index (κ3) is 3.72. The summed E-state index contributed by atoms with van der Waals surface area (Å²) in [5, 5.41) is 11.3. The Bertz CT molecular complexity index is 329. The van der Waals surface area contributed by atoms with Gasteiger partial charge in [-0.3, -0.25) is 14.4 Å². The zero-order valence-corrected chi connectivity index (χ0v) is 10.1. The summed E-state index contributed by atoms with van der Waals surface area (Å²) in [5.41, 5.74) is 0. The van der Waals surface area contributed by atoms with Gasteiger partial charge in [0, 0.05) is 19.5 Å². The monoisotopic (exact) mass is 242 g/mol. The zero-order chi connectivity index (χ0) is 13.0. The van der Waals surface area contributed by atoms with Crippen molar-refractivity contribution in [1.82, 2.24) is 10.2 Å². The summed E-state index contributed by atoms with van der Waals surface area (Å²) in [6, 6.07) is -0.835. The average Bonchev–Trinajstić information content (AvgIpc) is 2.62. The van der Waals surface area contributed by atoms with Crippen LogP contribution in [0.5, 0.6) is 0 Å². The van der Waals surface area contributed by atoms with Gasteiger partial charge in [-0.05, 0) is 19.8 Å². The summed E-state index contributed by atoms with van der Waals surface area (Å²) in [6.45, 7) is 3.53. The molecule has 0 aromatic carbocycles. The first-order valence-corrected chi connectivity index (χ1v) is 5.71. The molecule has 1 aliphatic heterocycles. The maximum absolute atomic E-state index is 12.0. The number of nitrogens with one attached hydrogen (secondary N) is 1. The fourth-order valence-electron chi connectivity index (χ4n) is 2.15. The van der Waals surface area contributed by atoms with Crippen molar-refractivity contribution in [3.63, 3.8) is 0 Å². The normalized spacial score (nSPS) is 21.1. The molecule has 1 aliphatic rings. The van der Waals surface area contributed by atoms with E-state index in [1.54, 1.807) is 11.8 Å². The van der Waals surface area contributed by atoms with Crippen molar-refractivity contribution >= 4 is 17.8 Å². The minimum atomic E-state index is -0.901. The van der Waals surface area contributed by atoms with E-state index in [2.05, 4.69) is 5.32 Å². The van der Waals surface area contributed by atoms with E-state index in [1.807, 2.05) is 0 Å². The molecule has 17 heavy (non-hydrogen) atoms. The van der Waals surface area contributed by atoms with Crippen LogP contribution < -0.4 is 5.32 Å². The second-order valence-corrected chi connectivity index (χ2v) is 4.35. The number of carbonyl (C=O) groups excluding carboxylic acids is 2. The topological polar surface area (TPSA) is 86.7 Å². The molecule has 6 heteroatoms. The summed E-state index contributed by atoms with van der Waals surface area (Å²) in [4.78, 5) is 35.1. The number of likely N-dealkylation sites (tertiary alicyclic amines) is 1. The molecule has 2 unspecified atom stereocenters. The van der Waals surface area contributed by atoms with Gasteiger partial charge in [-0.15, -0.1) is 0 Å². The van der Waals surface area contributed by atoms with Crippen LogP contribution >= 0.6 is 0 Å². The second kappa shape index (κ2) is 5.65. The van der Waals surface area contributed by atoms with E-state index in [-0.39, 0.29) is 24.3 Å². The van der Waals surface area contributed by atoms with Crippen LogP contribution in [0.3, 0.4) is 0 Å². The van der Waals surface area contributed by atoms with Crippen molar-refractivity contribution in [2.24, 2.45) is 0 Å². The lowest BCUT2D eigenvalue weighted by Crippen LogP contribution is -2.48. The molecule has 0 aromatic rings. The van der Waals surface area contributed by atoms with E-state index in [4.69, 9.17) is 5.11 Å². The van der Waals surface area contributed by atoms with Gasteiger partial charge in [-0.2, -0.15) is 0 Å². The minimum Gasteiger partial charge on any atom is -0.481 e. The van der Waals surface area contributed by atoms with E-state index < -0.39 is 12.0 Å². The molecule has 96 valence electrons. The molecule has 2 atom stereocenters. The molecular weight excluding hydrogens is 224 g/mol. The molecule has 0 bridgehead atoms. The Balaban J connectivity index is 2.60. The highest BCUT2D eigenvalue weighted by molar-refractivity contribution is 5.87. The van der Waals surface area contributed by atoms with Crippen LogP contribution in [0.2, 0.25) is 0 Å². The molecular formula is C11H18N2O4. The van der Waals surface area contributed by atoms with Gasteiger partial charge < -0.3 is 15.3 Å². The number of amides is 2. The molecule has 1 fully saturated rings. The molecule has 6 nitrogen and oxygen atoms in total. The molecule has 1 rings (SSSR count).